The van der Waals surface area contributed by atoms with Crippen molar-refractivity contribution in [3.05, 3.63) is 51.2 Å². The minimum atomic E-state index is 0.138. The summed E-state index contributed by atoms with van der Waals surface area (Å²) in [5, 5.41) is 5.76. The average molecular weight is 278 g/mol. The molecule has 3 rings (SSSR count). The fourth-order valence-electron chi connectivity index (χ4n) is 2.35. The van der Waals surface area contributed by atoms with E-state index in [2.05, 4.69) is 17.4 Å². The molecule has 1 N–H and O–H groups in total. The van der Waals surface area contributed by atoms with Crippen LogP contribution in [0.15, 0.2) is 35.7 Å². The molecule has 1 aromatic carbocycles. The summed E-state index contributed by atoms with van der Waals surface area (Å²) in [5.74, 6) is 0.394. The molecule has 0 saturated heterocycles. The molecule has 0 aliphatic carbocycles. The van der Waals surface area contributed by atoms with Crippen molar-refractivity contribution in [2.45, 2.75) is 12.3 Å². The highest BCUT2D eigenvalue weighted by Crippen LogP contribution is 2.35. The van der Waals surface area contributed by atoms with Gasteiger partial charge in [0.05, 0.1) is 9.90 Å². The molecule has 1 aliphatic rings. The van der Waals surface area contributed by atoms with E-state index in [-0.39, 0.29) is 11.7 Å². The van der Waals surface area contributed by atoms with Gasteiger partial charge in [-0.2, -0.15) is 0 Å². The Morgan fingerprint density at radius 3 is 3.00 bits per heavy atom. The maximum absolute atomic E-state index is 12.2. The number of anilines is 1. The lowest BCUT2D eigenvalue weighted by Crippen LogP contribution is -2.08. The highest BCUT2D eigenvalue weighted by molar-refractivity contribution is 7.12. The number of halogens is 1. The van der Waals surface area contributed by atoms with Gasteiger partial charge in [0, 0.05) is 24.6 Å². The van der Waals surface area contributed by atoms with Crippen LogP contribution in [0.3, 0.4) is 0 Å². The van der Waals surface area contributed by atoms with Crippen LogP contribution in [-0.2, 0) is 0 Å². The van der Waals surface area contributed by atoms with Crippen molar-refractivity contribution in [2.24, 2.45) is 0 Å². The molecule has 1 aromatic heterocycles. The molecule has 0 spiro atoms. The molecule has 2 heterocycles. The minimum absolute atomic E-state index is 0.138. The van der Waals surface area contributed by atoms with Gasteiger partial charge < -0.3 is 5.32 Å². The van der Waals surface area contributed by atoms with Crippen LogP contribution in [0.5, 0.6) is 0 Å². The second kappa shape index (κ2) is 4.75. The minimum Gasteiger partial charge on any atom is -0.384 e. The third-order valence-electron chi connectivity index (χ3n) is 3.24. The van der Waals surface area contributed by atoms with Gasteiger partial charge in [0.15, 0.2) is 5.78 Å². The zero-order valence-electron chi connectivity index (χ0n) is 9.65. The van der Waals surface area contributed by atoms with Gasteiger partial charge in [0.25, 0.3) is 0 Å². The molecule has 4 heteroatoms. The van der Waals surface area contributed by atoms with Gasteiger partial charge in [-0.25, -0.2) is 0 Å². The Bertz CT molecular complexity index is 593. The molecular weight excluding hydrogens is 266 g/mol. The van der Waals surface area contributed by atoms with Crippen molar-refractivity contribution >= 4 is 34.4 Å². The van der Waals surface area contributed by atoms with Crippen LogP contribution in [0.2, 0.25) is 5.02 Å². The molecule has 2 nitrogen and oxygen atoms in total. The number of benzene rings is 1. The van der Waals surface area contributed by atoms with Crippen LogP contribution >= 0.6 is 22.9 Å². The fourth-order valence-corrected chi connectivity index (χ4v) is 3.46. The topological polar surface area (TPSA) is 29.1 Å². The predicted octanol–water partition coefficient (Wildman–Crippen LogP) is 4.18. The summed E-state index contributed by atoms with van der Waals surface area (Å²) in [6.45, 7) is 0.827. The number of thiophene rings is 1. The normalized spacial score (nSPS) is 17.3. The number of hydrogen-bond acceptors (Lipinski definition) is 3. The van der Waals surface area contributed by atoms with E-state index in [4.69, 9.17) is 11.6 Å². The van der Waals surface area contributed by atoms with Crippen LogP contribution in [0, 0.1) is 0 Å². The van der Waals surface area contributed by atoms with E-state index in [1.807, 2.05) is 17.5 Å². The standard InChI is InChI=1S/C14H12ClNOS/c15-11-5-6-18-14(11)13(17)7-9-8-16-12-4-2-1-3-10(9)12/h1-6,9,16H,7-8H2. The van der Waals surface area contributed by atoms with Gasteiger partial charge in [0.1, 0.15) is 0 Å². The first-order valence-electron chi connectivity index (χ1n) is 5.84. The zero-order valence-corrected chi connectivity index (χ0v) is 11.2. The van der Waals surface area contributed by atoms with E-state index in [1.165, 1.54) is 16.9 Å². The summed E-state index contributed by atoms with van der Waals surface area (Å²) in [4.78, 5) is 12.9. The molecule has 1 aliphatic heterocycles. The number of Topliss-reactive ketones (excluding diaryl/α,β-unsaturated/α-hetero) is 1. The van der Waals surface area contributed by atoms with Crippen molar-refractivity contribution in [3.63, 3.8) is 0 Å². The van der Waals surface area contributed by atoms with Gasteiger partial charge in [-0.1, -0.05) is 29.8 Å². The van der Waals surface area contributed by atoms with Gasteiger partial charge >= 0.3 is 0 Å². The summed E-state index contributed by atoms with van der Waals surface area (Å²) >= 11 is 7.41. The molecule has 0 saturated carbocycles. The third kappa shape index (κ3) is 2.04. The molecule has 18 heavy (non-hydrogen) atoms. The lowest BCUT2D eigenvalue weighted by molar-refractivity contribution is 0.0979. The van der Waals surface area contributed by atoms with Crippen LogP contribution in [0.4, 0.5) is 5.69 Å². The molecule has 1 atom stereocenters. The van der Waals surface area contributed by atoms with Crippen LogP contribution < -0.4 is 5.32 Å². The number of para-hydroxylation sites is 1. The largest absolute Gasteiger partial charge is 0.384 e. The lowest BCUT2D eigenvalue weighted by Gasteiger charge is -2.08. The summed E-state index contributed by atoms with van der Waals surface area (Å²) < 4.78 is 0. The van der Waals surface area contributed by atoms with Gasteiger partial charge in [-0.15, -0.1) is 11.3 Å². The first kappa shape index (κ1) is 11.8. The lowest BCUT2D eigenvalue weighted by atomic mass is 9.95. The van der Waals surface area contributed by atoms with Crippen molar-refractivity contribution in [3.8, 4) is 0 Å². The molecular formula is C14H12ClNOS. The van der Waals surface area contributed by atoms with E-state index in [1.54, 1.807) is 6.07 Å². The number of fused-ring (bicyclic) bond motifs is 1. The van der Waals surface area contributed by atoms with Gasteiger partial charge in [-0.3, -0.25) is 4.79 Å². The fraction of sp³-hybridized carbons (Fsp3) is 0.214. The number of hydrogen-bond donors (Lipinski definition) is 1. The summed E-state index contributed by atoms with van der Waals surface area (Å²) in [7, 11) is 0. The second-order valence-corrected chi connectivity index (χ2v) is 5.71. The number of carbonyl (C=O) groups excluding carboxylic acids is 1. The molecule has 0 fully saturated rings. The van der Waals surface area contributed by atoms with Gasteiger partial charge in [0.2, 0.25) is 0 Å². The first-order chi connectivity index (χ1) is 8.75. The number of nitrogens with one attached hydrogen (secondary N) is 1. The zero-order chi connectivity index (χ0) is 12.5. The SMILES string of the molecule is O=C(CC1CNc2ccccc21)c1sccc1Cl. The number of ketones is 1. The average Bonchev–Trinajstić information content (AvgIpc) is 2.97. The molecule has 0 amide bonds. The van der Waals surface area contributed by atoms with E-state index in [9.17, 15) is 4.79 Å². The molecule has 92 valence electrons. The summed E-state index contributed by atoms with van der Waals surface area (Å²) in [6.07, 6.45) is 0.518. The van der Waals surface area contributed by atoms with Crippen molar-refractivity contribution in [2.75, 3.05) is 11.9 Å². The Hall–Kier alpha value is -1.32. The Kier molecular flexibility index (Phi) is 3.10. The third-order valence-corrected chi connectivity index (χ3v) is 4.62. The van der Waals surface area contributed by atoms with E-state index in [0.29, 0.717) is 16.3 Å². The van der Waals surface area contributed by atoms with Crippen molar-refractivity contribution in [1.29, 1.82) is 0 Å². The van der Waals surface area contributed by atoms with Crippen LogP contribution in [0.1, 0.15) is 27.6 Å². The van der Waals surface area contributed by atoms with Crippen LogP contribution in [-0.4, -0.2) is 12.3 Å². The Labute approximate surface area is 115 Å². The molecule has 1 unspecified atom stereocenters. The van der Waals surface area contributed by atoms with Gasteiger partial charge in [-0.05, 0) is 23.1 Å². The van der Waals surface area contributed by atoms with Crippen LogP contribution in [0.25, 0.3) is 0 Å². The highest BCUT2D eigenvalue weighted by Gasteiger charge is 2.25. The summed E-state index contributed by atoms with van der Waals surface area (Å²) in [5.41, 5.74) is 2.38. The Morgan fingerprint density at radius 1 is 1.39 bits per heavy atom. The van der Waals surface area contributed by atoms with Crippen molar-refractivity contribution < 1.29 is 4.79 Å². The Balaban J connectivity index is 1.79. The van der Waals surface area contributed by atoms with E-state index in [0.717, 1.165) is 12.2 Å². The predicted molar refractivity (Wildman–Crippen MR) is 75.9 cm³/mol. The highest BCUT2D eigenvalue weighted by atomic mass is 35.5. The molecule has 0 bridgehead atoms. The maximum atomic E-state index is 12.2. The smallest absolute Gasteiger partial charge is 0.174 e. The molecule has 2 aromatic rings. The first-order valence-corrected chi connectivity index (χ1v) is 7.10. The summed E-state index contributed by atoms with van der Waals surface area (Å²) in [6, 6.07) is 9.94. The number of rotatable bonds is 3. The Morgan fingerprint density at radius 2 is 2.22 bits per heavy atom. The van der Waals surface area contributed by atoms with E-state index < -0.39 is 0 Å². The maximum Gasteiger partial charge on any atom is 0.174 e. The molecule has 0 radical (unpaired) electrons. The second-order valence-electron chi connectivity index (χ2n) is 4.39. The van der Waals surface area contributed by atoms with E-state index >= 15 is 0 Å². The quantitative estimate of drug-likeness (QED) is 0.853. The monoisotopic (exact) mass is 277 g/mol. The number of carbonyl (C=O) groups is 1. The van der Waals surface area contributed by atoms with Crippen molar-refractivity contribution in [1.82, 2.24) is 0 Å².